The Labute approximate surface area is 101 Å². The zero-order chi connectivity index (χ0) is 12.4. The lowest BCUT2D eigenvalue weighted by Gasteiger charge is -2.11. The highest BCUT2D eigenvalue weighted by atomic mass is 16.5. The number of rotatable bonds is 3. The average Bonchev–Trinajstić information content (AvgIpc) is 2.70. The van der Waals surface area contributed by atoms with Crippen molar-refractivity contribution in [3.05, 3.63) is 24.3 Å². The van der Waals surface area contributed by atoms with Gasteiger partial charge in [-0.1, -0.05) is 0 Å². The van der Waals surface area contributed by atoms with Gasteiger partial charge >= 0.3 is 6.01 Å². The van der Waals surface area contributed by atoms with E-state index >= 15 is 0 Å². The molecule has 17 heavy (non-hydrogen) atoms. The van der Waals surface area contributed by atoms with Crippen LogP contribution >= 0.6 is 0 Å². The van der Waals surface area contributed by atoms with Gasteiger partial charge in [-0.15, -0.1) is 5.10 Å². The Bertz CT molecular complexity index is 502. The Morgan fingerprint density at radius 2 is 1.82 bits per heavy atom. The van der Waals surface area contributed by atoms with Crippen LogP contribution in [0.5, 0.6) is 6.01 Å². The second-order valence-corrected chi connectivity index (χ2v) is 3.99. The summed E-state index contributed by atoms with van der Waals surface area (Å²) in [5.41, 5.74) is 2.13. The van der Waals surface area contributed by atoms with Crippen molar-refractivity contribution in [1.82, 2.24) is 14.8 Å². The molecule has 0 amide bonds. The quantitative estimate of drug-likeness (QED) is 0.805. The lowest BCUT2D eigenvalue weighted by atomic mass is 10.2. The van der Waals surface area contributed by atoms with E-state index in [1.54, 1.807) is 11.8 Å². The molecule has 1 aromatic carbocycles. The molecule has 0 bridgehead atoms. The van der Waals surface area contributed by atoms with E-state index in [0.29, 0.717) is 11.8 Å². The number of hydrogen-bond donors (Lipinski definition) is 0. The number of ether oxygens (including phenoxy) is 1. The van der Waals surface area contributed by atoms with Gasteiger partial charge in [-0.2, -0.15) is 4.98 Å². The molecule has 0 aliphatic rings. The number of nitrogens with zero attached hydrogens (tertiary/aromatic N) is 4. The summed E-state index contributed by atoms with van der Waals surface area (Å²) in [6.07, 6.45) is 0. The van der Waals surface area contributed by atoms with E-state index in [0.717, 1.165) is 11.3 Å². The maximum Gasteiger partial charge on any atom is 0.314 e. The Kier molecular flexibility index (Phi) is 2.99. The van der Waals surface area contributed by atoms with Crippen molar-refractivity contribution in [3.8, 4) is 17.4 Å². The maximum absolute atomic E-state index is 5.09. The molecule has 0 atom stereocenters. The van der Waals surface area contributed by atoms with Crippen LogP contribution < -0.4 is 9.64 Å². The summed E-state index contributed by atoms with van der Waals surface area (Å²) in [4.78, 5) is 6.34. The molecule has 1 heterocycles. The number of methoxy groups -OCH3 is 1. The van der Waals surface area contributed by atoms with E-state index < -0.39 is 0 Å². The smallest absolute Gasteiger partial charge is 0.314 e. The predicted octanol–water partition coefficient (Wildman–Crippen LogP) is 1.56. The molecular weight excluding hydrogens is 216 g/mol. The molecule has 0 saturated heterocycles. The minimum Gasteiger partial charge on any atom is -0.467 e. The molecule has 0 unspecified atom stereocenters. The second-order valence-electron chi connectivity index (χ2n) is 3.99. The number of hydrogen-bond acceptors (Lipinski definition) is 4. The molecule has 5 heteroatoms. The highest BCUT2D eigenvalue weighted by molar-refractivity contribution is 5.60. The highest BCUT2D eigenvalue weighted by Crippen LogP contribution is 2.21. The Morgan fingerprint density at radius 3 is 2.29 bits per heavy atom. The lowest BCUT2D eigenvalue weighted by molar-refractivity contribution is 0.359. The molecule has 5 nitrogen and oxygen atoms in total. The van der Waals surface area contributed by atoms with Crippen molar-refractivity contribution in [2.24, 2.45) is 7.05 Å². The molecule has 0 spiro atoms. The van der Waals surface area contributed by atoms with Crippen molar-refractivity contribution >= 4 is 5.69 Å². The summed E-state index contributed by atoms with van der Waals surface area (Å²) in [6, 6.07) is 8.60. The van der Waals surface area contributed by atoms with Crippen LogP contribution in [-0.2, 0) is 7.05 Å². The van der Waals surface area contributed by atoms with E-state index in [4.69, 9.17) is 4.74 Å². The van der Waals surface area contributed by atoms with Gasteiger partial charge in [0.25, 0.3) is 0 Å². The van der Waals surface area contributed by atoms with Gasteiger partial charge < -0.3 is 9.64 Å². The van der Waals surface area contributed by atoms with Gasteiger partial charge in [-0.25, -0.2) is 4.68 Å². The fraction of sp³-hybridized carbons (Fsp3) is 0.333. The van der Waals surface area contributed by atoms with Gasteiger partial charge in [0.05, 0.1) is 7.11 Å². The van der Waals surface area contributed by atoms with Crippen molar-refractivity contribution in [2.75, 3.05) is 26.1 Å². The van der Waals surface area contributed by atoms with Gasteiger partial charge in [-0.05, 0) is 24.3 Å². The number of aromatic nitrogens is 3. The summed E-state index contributed by atoms with van der Waals surface area (Å²) in [7, 11) is 7.42. The van der Waals surface area contributed by atoms with Gasteiger partial charge in [0.2, 0.25) is 0 Å². The normalized spacial score (nSPS) is 10.4. The third-order valence-corrected chi connectivity index (χ3v) is 2.55. The van der Waals surface area contributed by atoms with Crippen molar-refractivity contribution < 1.29 is 4.74 Å². The Balaban J connectivity index is 2.33. The second kappa shape index (κ2) is 4.45. The van der Waals surface area contributed by atoms with E-state index in [2.05, 4.69) is 15.0 Å². The third-order valence-electron chi connectivity index (χ3n) is 2.55. The summed E-state index contributed by atoms with van der Waals surface area (Å²) in [5, 5.41) is 4.29. The standard InChI is InChI=1S/C12H16N4O/c1-15(2)10-7-5-9(6-8-10)11-13-12(17-4)16(3)14-11/h5-8H,1-4H3. The first kappa shape index (κ1) is 11.4. The van der Waals surface area contributed by atoms with Gasteiger partial charge in [0, 0.05) is 32.4 Å². The molecule has 2 aromatic rings. The van der Waals surface area contributed by atoms with Crippen LogP contribution in [0.15, 0.2) is 24.3 Å². The van der Waals surface area contributed by atoms with Crippen LogP contribution in [0.2, 0.25) is 0 Å². The Morgan fingerprint density at radius 1 is 1.18 bits per heavy atom. The van der Waals surface area contributed by atoms with Crippen LogP contribution in [-0.4, -0.2) is 36.0 Å². The van der Waals surface area contributed by atoms with Crippen molar-refractivity contribution in [1.29, 1.82) is 0 Å². The zero-order valence-electron chi connectivity index (χ0n) is 10.5. The molecule has 0 radical (unpaired) electrons. The molecular formula is C12H16N4O. The fourth-order valence-corrected chi connectivity index (χ4v) is 1.58. The fourth-order valence-electron chi connectivity index (χ4n) is 1.58. The van der Waals surface area contributed by atoms with E-state index in [1.807, 2.05) is 45.4 Å². The SMILES string of the molecule is COc1nc(-c2ccc(N(C)C)cc2)nn1C. The number of aryl methyl sites for hydroxylation is 1. The lowest BCUT2D eigenvalue weighted by Crippen LogP contribution is -2.07. The summed E-state index contributed by atoms with van der Waals surface area (Å²) in [6.45, 7) is 0. The average molecular weight is 232 g/mol. The summed E-state index contributed by atoms with van der Waals surface area (Å²) in [5.74, 6) is 0.676. The predicted molar refractivity (Wildman–Crippen MR) is 67.3 cm³/mol. The van der Waals surface area contributed by atoms with Crippen LogP contribution in [0.1, 0.15) is 0 Å². The monoisotopic (exact) mass is 232 g/mol. The van der Waals surface area contributed by atoms with E-state index in [9.17, 15) is 0 Å². The van der Waals surface area contributed by atoms with Gasteiger partial charge in [-0.3, -0.25) is 0 Å². The van der Waals surface area contributed by atoms with Crippen molar-refractivity contribution in [2.45, 2.75) is 0 Å². The van der Waals surface area contributed by atoms with Gasteiger partial charge in [0.1, 0.15) is 0 Å². The molecule has 90 valence electrons. The van der Waals surface area contributed by atoms with E-state index in [-0.39, 0.29) is 0 Å². The summed E-state index contributed by atoms with van der Waals surface area (Å²) >= 11 is 0. The number of benzene rings is 1. The molecule has 0 aliphatic heterocycles. The highest BCUT2D eigenvalue weighted by Gasteiger charge is 2.09. The minimum absolute atomic E-state index is 0.511. The first-order valence-corrected chi connectivity index (χ1v) is 5.34. The van der Waals surface area contributed by atoms with Crippen LogP contribution in [0.4, 0.5) is 5.69 Å². The first-order valence-electron chi connectivity index (χ1n) is 5.34. The van der Waals surface area contributed by atoms with Crippen molar-refractivity contribution in [3.63, 3.8) is 0 Å². The van der Waals surface area contributed by atoms with Gasteiger partial charge in [0.15, 0.2) is 5.82 Å². The van der Waals surface area contributed by atoms with E-state index in [1.165, 1.54) is 0 Å². The summed E-state index contributed by atoms with van der Waals surface area (Å²) < 4.78 is 6.71. The maximum atomic E-state index is 5.09. The van der Waals surface area contributed by atoms with Crippen LogP contribution in [0.3, 0.4) is 0 Å². The molecule has 0 fully saturated rings. The van der Waals surface area contributed by atoms with Crippen LogP contribution in [0, 0.1) is 0 Å². The minimum atomic E-state index is 0.511. The first-order chi connectivity index (χ1) is 8.11. The third kappa shape index (κ3) is 2.22. The molecule has 2 rings (SSSR count). The largest absolute Gasteiger partial charge is 0.467 e. The zero-order valence-corrected chi connectivity index (χ0v) is 10.5. The molecule has 0 saturated carbocycles. The number of anilines is 1. The Hall–Kier alpha value is -2.04. The molecule has 0 aliphatic carbocycles. The van der Waals surface area contributed by atoms with Crippen LogP contribution in [0.25, 0.3) is 11.4 Å². The topological polar surface area (TPSA) is 43.2 Å². The molecule has 1 aromatic heterocycles. The molecule has 0 N–H and O–H groups in total.